The zero-order chi connectivity index (χ0) is 12.3. The molecule has 4 heteroatoms. The molecule has 3 N–H and O–H groups in total. The maximum Gasteiger partial charge on any atom is 0.146 e. The summed E-state index contributed by atoms with van der Waals surface area (Å²) in [7, 11) is 0. The van der Waals surface area contributed by atoms with Gasteiger partial charge in [-0.15, -0.1) is 0 Å². The zero-order valence-electron chi connectivity index (χ0n) is 9.50. The van der Waals surface area contributed by atoms with Crippen molar-refractivity contribution < 1.29 is 4.39 Å². The smallest absolute Gasteiger partial charge is 0.146 e. The number of benzene rings is 1. The number of nitrogens with two attached hydrogens (primary N) is 1. The predicted molar refractivity (Wildman–Crippen MR) is 68.5 cm³/mol. The molecule has 0 heterocycles. The van der Waals surface area contributed by atoms with Gasteiger partial charge in [-0.2, -0.15) is 0 Å². The van der Waals surface area contributed by atoms with E-state index in [0.717, 1.165) is 12.8 Å². The van der Waals surface area contributed by atoms with Crippen LogP contribution in [0.5, 0.6) is 0 Å². The highest BCUT2D eigenvalue weighted by Crippen LogP contribution is 2.24. The highest BCUT2D eigenvalue weighted by atomic mass is 35.5. The highest BCUT2D eigenvalue weighted by molar-refractivity contribution is 6.30. The largest absolute Gasteiger partial charge is 0.329 e. The molecular weight excluding hydrogens is 239 g/mol. The summed E-state index contributed by atoms with van der Waals surface area (Å²) in [6, 6.07) is 5.19. The number of hydrogen-bond acceptors (Lipinski definition) is 2. The molecule has 0 saturated heterocycles. The molecule has 0 amide bonds. The van der Waals surface area contributed by atoms with Gasteiger partial charge in [0.2, 0.25) is 0 Å². The second kappa shape index (κ2) is 5.63. The average Bonchev–Trinajstić information content (AvgIpc) is 2.83. The Balaban J connectivity index is 2.14. The van der Waals surface area contributed by atoms with Crippen LogP contribution in [0.2, 0.25) is 5.02 Å². The summed E-state index contributed by atoms with van der Waals surface area (Å²) in [4.78, 5) is 0. The van der Waals surface area contributed by atoms with Gasteiger partial charge in [0.15, 0.2) is 0 Å². The Hall–Kier alpha value is -0.900. The fraction of sp³-hybridized carbons (Fsp3) is 0.385. The van der Waals surface area contributed by atoms with Crippen LogP contribution in [0.25, 0.3) is 0 Å². The van der Waals surface area contributed by atoms with Crippen LogP contribution in [-0.4, -0.2) is 12.6 Å². The van der Waals surface area contributed by atoms with Crippen LogP contribution < -0.4 is 11.1 Å². The molecule has 0 aromatic heterocycles. The van der Waals surface area contributed by atoms with E-state index in [0.29, 0.717) is 18.2 Å². The van der Waals surface area contributed by atoms with E-state index >= 15 is 0 Å². The van der Waals surface area contributed by atoms with Gasteiger partial charge in [-0.3, -0.25) is 0 Å². The van der Waals surface area contributed by atoms with Gasteiger partial charge in [0.25, 0.3) is 0 Å². The van der Waals surface area contributed by atoms with Crippen molar-refractivity contribution in [2.24, 2.45) is 5.73 Å². The van der Waals surface area contributed by atoms with E-state index in [1.807, 2.05) is 0 Å². The van der Waals surface area contributed by atoms with Crippen LogP contribution in [0.3, 0.4) is 0 Å². The molecule has 2 nitrogen and oxygen atoms in total. The summed E-state index contributed by atoms with van der Waals surface area (Å²) in [5.74, 6) is -0.372. The molecule has 2 rings (SSSR count). The molecule has 1 aliphatic carbocycles. The van der Waals surface area contributed by atoms with Crippen LogP contribution in [0, 0.1) is 5.82 Å². The average molecular weight is 255 g/mol. The van der Waals surface area contributed by atoms with E-state index in [9.17, 15) is 4.39 Å². The number of nitrogens with one attached hydrogen (secondary N) is 1. The quantitative estimate of drug-likeness (QED) is 0.811. The third kappa shape index (κ3) is 2.86. The summed E-state index contributed by atoms with van der Waals surface area (Å²) in [5, 5.41) is 3.51. The second-order valence-electron chi connectivity index (χ2n) is 4.24. The van der Waals surface area contributed by atoms with Crippen LogP contribution in [0.15, 0.2) is 30.4 Å². The minimum Gasteiger partial charge on any atom is -0.329 e. The van der Waals surface area contributed by atoms with E-state index in [-0.39, 0.29) is 16.9 Å². The predicted octanol–water partition coefficient (Wildman–Crippen LogP) is 2.79. The fourth-order valence-electron chi connectivity index (χ4n) is 2.11. The SMILES string of the molecule is NCC(NC1CC=CC1)c1cccc(Cl)c1F. The molecule has 1 unspecified atom stereocenters. The molecule has 0 aliphatic heterocycles. The summed E-state index contributed by atoms with van der Waals surface area (Å²) in [6.07, 6.45) is 6.19. The highest BCUT2D eigenvalue weighted by Gasteiger charge is 2.20. The van der Waals surface area contributed by atoms with Crippen molar-refractivity contribution in [3.05, 3.63) is 46.8 Å². The molecule has 17 heavy (non-hydrogen) atoms. The lowest BCUT2D eigenvalue weighted by atomic mass is 10.0. The molecule has 1 aromatic rings. The first kappa shape index (κ1) is 12.6. The minimum atomic E-state index is -0.372. The van der Waals surface area contributed by atoms with Crippen molar-refractivity contribution in [2.45, 2.75) is 24.9 Å². The Labute approximate surface area is 106 Å². The summed E-state index contributed by atoms with van der Waals surface area (Å²) >= 11 is 5.78. The zero-order valence-corrected chi connectivity index (χ0v) is 10.3. The summed E-state index contributed by atoms with van der Waals surface area (Å²) < 4.78 is 13.9. The van der Waals surface area contributed by atoms with Crippen molar-refractivity contribution in [3.63, 3.8) is 0 Å². The lowest BCUT2D eigenvalue weighted by Gasteiger charge is -2.22. The maximum atomic E-state index is 13.9. The lowest BCUT2D eigenvalue weighted by Crippen LogP contribution is -2.35. The Morgan fingerprint density at radius 3 is 2.76 bits per heavy atom. The van der Waals surface area contributed by atoms with Crippen molar-refractivity contribution >= 4 is 11.6 Å². The molecule has 0 saturated carbocycles. The fourth-order valence-corrected chi connectivity index (χ4v) is 2.29. The minimum absolute atomic E-state index is 0.146. The van der Waals surface area contributed by atoms with Gasteiger partial charge in [-0.1, -0.05) is 35.9 Å². The van der Waals surface area contributed by atoms with Gasteiger partial charge in [-0.25, -0.2) is 4.39 Å². The Morgan fingerprint density at radius 1 is 1.41 bits per heavy atom. The summed E-state index contributed by atoms with van der Waals surface area (Å²) in [5.41, 5.74) is 6.26. The topological polar surface area (TPSA) is 38.0 Å². The van der Waals surface area contributed by atoms with Gasteiger partial charge in [0, 0.05) is 24.2 Å². The molecule has 0 radical (unpaired) electrons. The van der Waals surface area contributed by atoms with E-state index in [2.05, 4.69) is 17.5 Å². The first-order valence-electron chi connectivity index (χ1n) is 5.77. The first-order valence-corrected chi connectivity index (χ1v) is 6.15. The van der Waals surface area contributed by atoms with Crippen LogP contribution in [0.4, 0.5) is 4.39 Å². The second-order valence-corrected chi connectivity index (χ2v) is 4.64. The van der Waals surface area contributed by atoms with Gasteiger partial charge in [0.1, 0.15) is 5.82 Å². The third-order valence-corrected chi connectivity index (χ3v) is 3.33. The summed E-state index contributed by atoms with van der Waals surface area (Å²) in [6.45, 7) is 0.355. The van der Waals surface area contributed by atoms with Gasteiger partial charge in [0.05, 0.1) is 5.02 Å². The molecule has 1 atom stereocenters. The Bertz CT molecular complexity index is 412. The van der Waals surface area contributed by atoms with Crippen LogP contribution >= 0.6 is 11.6 Å². The van der Waals surface area contributed by atoms with E-state index in [4.69, 9.17) is 17.3 Å². The molecular formula is C13H16ClFN2. The van der Waals surface area contributed by atoms with E-state index in [1.54, 1.807) is 18.2 Å². The maximum absolute atomic E-state index is 13.9. The molecule has 1 aromatic carbocycles. The van der Waals surface area contributed by atoms with E-state index < -0.39 is 0 Å². The van der Waals surface area contributed by atoms with Crippen molar-refractivity contribution in [1.82, 2.24) is 5.32 Å². The molecule has 0 bridgehead atoms. The Kier molecular flexibility index (Phi) is 4.15. The normalized spacial score (nSPS) is 17.6. The standard InChI is InChI=1S/C13H16ClFN2/c14-11-7-3-6-10(13(11)15)12(8-16)17-9-4-1-2-5-9/h1-3,6-7,9,12,17H,4-5,8,16H2. The molecule has 0 spiro atoms. The molecule has 1 aliphatic rings. The van der Waals surface area contributed by atoms with Crippen molar-refractivity contribution in [1.29, 1.82) is 0 Å². The molecule has 0 fully saturated rings. The number of rotatable bonds is 4. The van der Waals surface area contributed by atoms with Crippen LogP contribution in [0.1, 0.15) is 24.4 Å². The Morgan fingerprint density at radius 2 is 2.12 bits per heavy atom. The van der Waals surface area contributed by atoms with E-state index in [1.165, 1.54) is 0 Å². The van der Waals surface area contributed by atoms with Gasteiger partial charge in [-0.05, 0) is 18.9 Å². The number of halogens is 2. The first-order chi connectivity index (χ1) is 8.22. The van der Waals surface area contributed by atoms with Gasteiger partial charge >= 0.3 is 0 Å². The lowest BCUT2D eigenvalue weighted by molar-refractivity contribution is 0.439. The van der Waals surface area contributed by atoms with Gasteiger partial charge < -0.3 is 11.1 Å². The third-order valence-electron chi connectivity index (χ3n) is 3.04. The monoisotopic (exact) mass is 254 g/mol. The van der Waals surface area contributed by atoms with Crippen LogP contribution in [-0.2, 0) is 0 Å². The molecule has 92 valence electrons. The van der Waals surface area contributed by atoms with Crippen molar-refractivity contribution in [3.8, 4) is 0 Å². The van der Waals surface area contributed by atoms with Crippen molar-refractivity contribution in [2.75, 3.05) is 6.54 Å². The number of hydrogen-bond donors (Lipinski definition) is 2.